The first-order valence-corrected chi connectivity index (χ1v) is 6.92. The molecule has 1 aromatic rings. The van der Waals surface area contributed by atoms with Gasteiger partial charge in [0.15, 0.2) is 0 Å². The van der Waals surface area contributed by atoms with Crippen LogP contribution in [0.4, 0.5) is 4.39 Å². The van der Waals surface area contributed by atoms with Crippen LogP contribution in [0.1, 0.15) is 30.1 Å². The molecule has 6 nitrogen and oxygen atoms in total. The first kappa shape index (κ1) is 15.9. The third kappa shape index (κ3) is 3.08. The number of nitrogens with zero attached hydrogens (tertiary/aromatic N) is 1. The highest BCUT2D eigenvalue weighted by molar-refractivity contribution is 5.97. The van der Waals surface area contributed by atoms with Crippen LogP contribution in [-0.2, 0) is 9.59 Å². The molecule has 0 spiro atoms. The molecule has 0 saturated carbocycles. The number of carboxylic acids is 1. The summed E-state index contributed by atoms with van der Waals surface area (Å²) in [6.07, 6.45) is 0.984. The number of hydrogen-bond donors (Lipinski definition) is 2. The molecule has 1 atom stereocenters. The molecule has 1 aromatic carbocycles. The number of aliphatic carboxylic acids is 1. The Morgan fingerprint density at radius 2 is 2.14 bits per heavy atom. The molecule has 0 aromatic heterocycles. The van der Waals surface area contributed by atoms with E-state index in [4.69, 9.17) is 0 Å². The molecular formula is C15H17FN2O4. The van der Waals surface area contributed by atoms with Crippen molar-refractivity contribution in [2.24, 2.45) is 0 Å². The Morgan fingerprint density at radius 3 is 2.77 bits per heavy atom. The van der Waals surface area contributed by atoms with Crippen LogP contribution in [0.5, 0.6) is 0 Å². The average Bonchev–Trinajstić information content (AvgIpc) is 2.88. The maximum absolute atomic E-state index is 13.0. The minimum absolute atomic E-state index is 0.107. The standard InChI is InChI=1S/C15H17FN2O4/c1-15(14(21)22)6-3-7-18(15)12(19)9-17-13(20)10-4-2-5-11(16)8-10/h2,4-5,8H,3,6-7,9H2,1H3,(H,17,20)(H,21,22). The molecule has 1 aliphatic rings. The molecule has 1 aliphatic heterocycles. The number of carboxylic acid groups (broad SMARTS) is 1. The van der Waals surface area contributed by atoms with Crippen LogP contribution in [0.25, 0.3) is 0 Å². The van der Waals surface area contributed by atoms with Gasteiger partial charge in [-0.1, -0.05) is 6.07 Å². The number of carbonyl (C=O) groups is 3. The van der Waals surface area contributed by atoms with Crippen molar-refractivity contribution < 1.29 is 23.9 Å². The molecule has 2 amide bonds. The SMILES string of the molecule is CC1(C(=O)O)CCCN1C(=O)CNC(=O)c1cccc(F)c1. The zero-order valence-corrected chi connectivity index (χ0v) is 12.1. The summed E-state index contributed by atoms with van der Waals surface area (Å²) < 4.78 is 13.0. The monoisotopic (exact) mass is 308 g/mol. The average molecular weight is 308 g/mol. The maximum Gasteiger partial charge on any atom is 0.329 e. The fourth-order valence-corrected chi connectivity index (χ4v) is 2.57. The van der Waals surface area contributed by atoms with Crippen molar-refractivity contribution in [2.75, 3.05) is 13.1 Å². The maximum atomic E-state index is 13.0. The smallest absolute Gasteiger partial charge is 0.329 e. The second-order valence-corrected chi connectivity index (χ2v) is 5.42. The lowest BCUT2D eigenvalue weighted by Gasteiger charge is -2.31. The highest BCUT2D eigenvalue weighted by Crippen LogP contribution is 2.29. The normalized spacial score (nSPS) is 20.7. The van der Waals surface area contributed by atoms with E-state index in [1.165, 1.54) is 30.0 Å². The molecule has 0 bridgehead atoms. The van der Waals surface area contributed by atoms with Gasteiger partial charge < -0.3 is 15.3 Å². The van der Waals surface area contributed by atoms with Crippen LogP contribution in [0.15, 0.2) is 24.3 Å². The summed E-state index contributed by atoms with van der Waals surface area (Å²) in [7, 11) is 0. The summed E-state index contributed by atoms with van der Waals surface area (Å²) >= 11 is 0. The van der Waals surface area contributed by atoms with Gasteiger partial charge in [-0.2, -0.15) is 0 Å². The van der Waals surface area contributed by atoms with Crippen LogP contribution in [0.2, 0.25) is 0 Å². The van der Waals surface area contributed by atoms with Crippen molar-refractivity contribution in [1.29, 1.82) is 0 Å². The molecular weight excluding hydrogens is 291 g/mol. The first-order chi connectivity index (χ1) is 10.3. The summed E-state index contributed by atoms with van der Waals surface area (Å²) in [4.78, 5) is 36.6. The lowest BCUT2D eigenvalue weighted by atomic mass is 9.99. The molecule has 2 N–H and O–H groups in total. The highest BCUT2D eigenvalue weighted by Gasteiger charge is 2.45. The molecule has 118 valence electrons. The molecule has 1 heterocycles. The Bertz CT molecular complexity index is 619. The number of amides is 2. The van der Waals surface area contributed by atoms with Gasteiger partial charge in [-0.3, -0.25) is 9.59 Å². The van der Waals surface area contributed by atoms with Gasteiger partial charge in [0.25, 0.3) is 5.91 Å². The Balaban J connectivity index is 1.98. The van der Waals surface area contributed by atoms with Gasteiger partial charge in [0, 0.05) is 12.1 Å². The van der Waals surface area contributed by atoms with Crippen LogP contribution in [-0.4, -0.2) is 46.4 Å². The second-order valence-electron chi connectivity index (χ2n) is 5.42. The first-order valence-electron chi connectivity index (χ1n) is 6.92. The quantitative estimate of drug-likeness (QED) is 0.869. The molecule has 2 rings (SSSR count). The van der Waals surface area contributed by atoms with E-state index < -0.39 is 29.1 Å². The Morgan fingerprint density at radius 1 is 1.41 bits per heavy atom. The van der Waals surface area contributed by atoms with E-state index in [2.05, 4.69) is 5.32 Å². The predicted molar refractivity (Wildman–Crippen MR) is 75.7 cm³/mol. The van der Waals surface area contributed by atoms with Crippen molar-refractivity contribution in [1.82, 2.24) is 10.2 Å². The zero-order chi connectivity index (χ0) is 16.3. The molecule has 1 fully saturated rings. The second kappa shape index (κ2) is 6.13. The van der Waals surface area contributed by atoms with E-state index in [0.717, 1.165) is 6.07 Å². The number of halogens is 1. The van der Waals surface area contributed by atoms with Crippen LogP contribution >= 0.6 is 0 Å². The summed E-state index contributed by atoms with van der Waals surface area (Å²) in [6.45, 7) is 1.52. The van der Waals surface area contributed by atoms with Crippen LogP contribution in [0, 0.1) is 5.82 Å². The number of benzene rings is 1. The summed E-state index contributed by atoms with van der Waals surface area (Å²) in [5, 5.41) is 11.6. The van der Waals surface area contributed by atoms with Gasteiger partial charge >= 0.3 is 5.97 Å². The zero-order valence-electron chi connectivity index (χ0n) is 12.1. The molecule has 1 saturated heterocycles. The Kier molecular flexibility index (Phi) is 4.44. The topological polar surface area (TPSA) is 86.7 Å². The minimum atomic E-state index is -1.24. The third-order valence-corrected chi connectivity index (χ3v) is 3.89. The van der Waals surface area contributed by atoms with Crippen molar-refractivity contribution in [3.8, 4) is 0 Å². The summed E-state index contributed by atoms with van der Waals surface area (Å²) in [5.74, 6) is -2.65. The summed E-state index contributed by atoms with van der Waals surface area (Å²) in [6, 6.07) is 5.11. The minimum Gasteiger partial charge on any atom is -0.480 e. The van der Waals surface area contributed by atoms with Gasteiger partial charge in [-0.05, 0) is 38.0 Å². The van der Waals surface area contributed by atoms with Crippen molar-refractivity contribution in [3.05, 3.63) is 35.6 Å². The van der Waals surface area contributed by atoms with E-state index in [9.17, 15) is 23.9 Å². The molecule has 1 unspecified atom stereocenters. The van der Waals surface area contributed by atoms with Crippen LogP contribution in [0.3, 0.4) is 0 Å². The number of rotatable bonds is 4. The predicted octanol–water partition coefficient (Wildman–Crippen LogP) is 1.02. The molecule has 0 aliphatic carbocycles. The van der Waals surface area contributed by atoms with Crippen molar-refractivity contribution in [2.45, 2.75) is 25.3 Å². The van der Waals surface area contributed by atoms with Gasteiger partial charge in [-0.15, -0.1) is 0 Å². The van der Waals surface area contributed by atoms with Crippen molar-refractivity contribution >= 4 is 17.8 Å². The molecule has 22 heavy (non-hydrogen) atoms. The van der Waals surface area contributed by atoms with E-state index >= 15 is 0 Å². The number of hydrogen-bond acceptors (Lipinski definition) is 3. The van der Waals surface area contributed by atoms with E-state index in [1.54, 1.807) is 0 Å². The third-order valence-electron chi connectivity index (χ3n) is 3.89. The van der Waals surface area contributed by atoms with Gasteiger partial charge in [-0.25, -0.2) is 9.18 Å². The lowest BCUT2D eigenvalue weighted by molar-refractivity contribution is -0.154. The van der Waals surface area contributed by atoms with Crippen LogP contribution < -0.4 is 5.32 Å². The van der Waals surface area contributed by atoms with Gasteiger partial charge in [0.05, 0.1) is 6.54 Å². The lowest BCUT2D eigenvalue weighted by Crippen LogP contribution is -2.53. The fourth-order valence-electron chi connectivity index (χ4n) is 2.57. The molecule has 0 radical (unpaired) electrons. The van der Waals surface area contributed by atoms with Gasteiger partial charge in [0.2, 0.25) is 5.91 Å². The van der Waals surface area contributed by atoms with E-state index in [1.807, 2.05) is 0 Å². The number of carbonyl (C=O) groups excluding carboxylic acids is 2. The largest absolute Gasteiger partial charge is 0.480 e. The summed E-state index contributed by atoms with van der Waals surface area (Å²) in [5.41, 5.74) is -1.13. The fraction of sp³-hybridized carbons (Fsp3) is 0.400. The van der Waals surface area contributed by atoms with E-state index in [-0.39, 0.29) is 12.1 Å². The Labute approximate surface area is 126 Å². The van der Waals surface area contributed by atoms with Gasteiger partial charge in [0.1, 0.15) is 11.4 Å². The number of nitrogens with one attached hydrogen (secondary N) is 1. The number of likely N-dealkylation sites (tertiary alicyclic amines) is 1. The molecule has 7 heteroatoms. The Hall–Kier alpha value is -2.44. The highest BCUT2D eigenvalue weighted by atomic mass is 19.1. The van der Waals surface area contributed by atoms with Crippen molar-refractivity contribution in [3.63, 3.8) is 0 Å². The van der Waals surface area contributed by atoms with E-state index in [0.29, 0.717) is 19.4 Å².